The molecule has 0 aromatic heterocycles. The summed E-state index contributed by atoms with van der Waals surface area (Å²) in [5, 5.41) is 0. The molecule has 0 fully saturated rings. The second kappa shape index (κ2) is 20.8. The van der Waals surface area contributed by atoms with Crippen molar-refractivity contribution in [2.45, 2.75) is 71.3 Å². The summed E-state index contributed by atoms with van der Waals surface area (Å²) in [5.74, 6) is -1.07. The van der Waals surface area contributed by atoms with Gasteiger partial charge in [0.1, 0.15) is 6.61 Å². The fourth-order valence-electron chi connectivity index (χ4n) is 2.49. The van der Waals surface area contributed by atoms with Crippen molar-refractivity contribution in [1.82, 2.24) is 0 Å². The van der Waals surface area contributed by atoms with Crippen molar-refractivity contribution in [3.8, 4) is 0 Å². The molecule has 0 amide bonds. The summed E-state index contributed by atoms with van der Waals surface area (Å²) in [6, 6.07) is 0. The summed E-state index contributed by atoms with van der Waals surface area (Å²) in [6.07, 6.45) is 18.4. The number of esters is 2. The highest BCUT2D eigenvalue weighted by Crippen LogP contribution is 2.43. The maximum absolute atomic E-state index is 12.1. The van der Waals surface area contributed by atoms with Crippen molar-refractivity contribution in [1.29, 1.82) is 0 Å². The van der Waals surface area contributed by atoms with E-state index in [-0.39, 0.29) is 26.2 Å². The van der Waals surface area contributed by atoms with Crippen LogP contribution in [0.1, 0.15) is 65.2 Å². The van der Waals surface area contributed by atoms with E-state index in [0.717, 1.165) is 38.5 Å². The minimum atomic E-state index is -4.33. The van der Waals surface area contributed by atoms with E-state index in [2.05, 4.69) is 47.9 Å². The van der Waals surface area contributed by atoms with Crippen molar-refractivity contribution in [3.63, 3.8) is 0 Å². The molecule has 190 valence electrons. The lowest BCUT2D eigenvalue weighted by Gasteiger charge is -2.19. The Labute approximate surface area is 197 Å². The zero-order valence-electron chi connectivity index (χ0n) is 19.9. The topological polar surface area (TPSA) is 134 Å². The number of carbonyl (C=O) groups is 2. The molecule has 0 aliphatic carbocycles. The lowest BCUT2D eigenvalue weighted by Crippen LogP contribution is -2.29. The van der Waals surface area contributed by atoms with Crippen LogP contribution in [0.3, 0.4) is 0 Å². The predicted octanol–water partition coefficient (Wildman–Crippen LogP) is 4.36. The van der Waals surface area contributed by atoms with Gasteiger partial charge in [-0.3, -0.25) is 18.6 Å². The lowest BCUT2D eigenvalue weighted by molar-refractivity contribution is -0.160. The van der Waals surface area contributed by atoms with Gasteiger partial charge in [0.25, 0.3) is 0 Å². The van der Waals surface area contributed by atoms with Crippen molar-refractivity contribution in [2.24, 2.45) is 5.73 Å². The molecule has 3 N–H and O–H groups in total. The minimum Gasteiger partial charge on any atom is -0.462 e. The van der Waals surface area contributed by atoms with Gasteiger partial charge in [-0.15, -0.1) is 0 Å². The molecule has 0 aromatic rings. The molecule has 2 atom stereocenters. The number of ether oxygens (including phenoxy) is 2. The molecule has 33 heavy (non-hydrogen) atoms. The molecule has 0 radical (unpaired) electrons. The summed E-state index contributed by atoms with van der Waals surface area (Å²) >= 11 is 0. The first-order valence-electron chi connectivity index (χ1n) is 11.4. The van der Waals surface area contributed by atoms with Crippen LogP contribution in [0.4, 0.5) is 0 Å². The molecular weight excluding hydrogens is 449 g/mol. The number of rotatable bonds is 20. The third-order valence-corrected chi connectivity index (χ3v) is 5.08. The van der Waals surface area contributed by atoms with Crippen LogP contribution >= 0.6 is 7.82 Å². The maximum Gasteiger partial charge on any atom is 0.472 e. The molecule has 0 bridgehead atoms. The van der Waals surface area contributed by atoms with Gasteiger partial charge < -0.3 is 20.1 Å². The van der Waals surface area contributed by atoms with Crippen LogP contribution in [0.15, 0.2) is 36.5 Å². The Balaban J connectivity index is 4.12. The Bertz CT molecular complexity index is 663. The fourth-order valence-corrected chi connectivity index (χ4v) is 3.25. The van der Waals surface area contributed by atoms with E-state index >= 15 is 0 Å². The second-order valence-corrected chi connectivity index (χ2v) is 8.65. The number of hydrogen-bond donors (Lipinski definition) is 2. The molecule has 0 aromatic carbocycles. The Morgan fingerprint density at radius 3 is 2.27 bits per heavy atom. The smallest absolute Gasteiger partial charge is 0.462 e. The summed E-state index contributed by atoms with van der Waals surface area (Å²) in [6.45, 7) is 2.46. The van der Waals surface area contributed by atoms with E-state index < -0.39 is 32.5 Å². The van der Waals surface area contributed by atoms with E-state index in [1.165, 1.54) is 6.92 Å². The number of phosphoric acid groups is 1. The van der Waals surface area contributed by atoms with Crippen LogP contribution in [0.5, 0.6) is 0 Å². The fraction of sp³-hybridized carbons (Fsp3) is 0.652. The number of allylic oxidation sites excluding steroid dienone is 6. The maximum atomic E-state index is 12.1. The first-order chi connectivity index (χ1) is 15.8. The molecule has 0 aliphatic rings. The second-order valence-electron chi connectivity index (χ2n) is 7.19. The van der Waals surface area contributed by atoms with Gasteiger partial charge in [0.05, 0.1) is 13.2 Å². The highest BCUT2D eigenvalue weighted by Gasteiger charge is 2.25. The van der Waals surface area contributed by atoms with Crippen molar-refractivity contribution in [2.75, 3.05) is 26.4 Å². The van der Waals surface area contributed by atoms with Gasteiger partial charge >= 0.3 is 19.8 Å². The first-order valence-corrected chi connectivity index (χ1v) is 12.9. The summed E-state index contributed by atoms with van der Waals surface area (Å²) in [7, 11) is -4.33. The van der Waals surface area contributed by atoms with E-state index in [9.17, 15) is 19.0 Å². The van der Waals surface area contributed by atoms with E-state index in [1.807, 2.05) is 0 Å². The minimum absolute atomic E-state index is 0.0452. The number of nitrogens with two attached hydrogens (primary N) is 1. The van der Waals surface area contributed by atoms with Gasteiger partial charge in [-0.1, -0.05) is 49.8 Å². The van der Waals surface area contributed by atoms with Gasteiger partial charge in [-0.2, -0.15) is 0 Å². The summed E-state index contributed by atoms with van der Waals surface area (Å²) < 4.78 is 31.2. The van der Waals surface area contributed by atoms with Crippen LogP contribution in [0, 0.1) is 0 Å². The number of carbonyl (C=O) groups excluding carboxylic acids is 2. The normalized spacial score (nSPS) is 14.7. The SMILES string of the molecule is CC/C=C\C/C=C\C/C=C\CCCCCC(=O)OC(COC(C)=O)COP(=O)(O)OCCN. The van der Waals surface area contributed by atoms with Gasteiger partial charge in [-0.25, -0.2) is 4.57 Å². The lowest BCUT2D eigenvalue weighted by atomic mass is 10.1. The van der Waals surface area contributed by atoms with E-state index in [0.29, 0.717) is 6.42 Å². The zero-order valence-corrected chi connectivity index (χ0v) is 20.8. The molecule has 10 heteroatoms. The third-order valence-electron chi connectivity index (χ3n) is 4.10. The van der Waals surface area contributed by atoms with Gasteiger partial charge in [0.2, 0.25) is 0 Å². The molecule has 0 saturated carbocycles. The molecule has 0 rings (SSSR count). The van der Waals surface area contributed by atoms with Gasteiger partial charge in [-0.05, 0) is 38.5 Å². The standard InChI is InChI=1S/C23H40NO8P/c1-3-4-5-6-7-8-9-10-11-12-13-14-15-16-23(26)32-22(19-29-21(2)25)20-31-33(27,28)30-18-17-24/h4-5,7-8,10-11,22H,3,6,9,12-20,24H2,1-2H3,(H,27,28)/b5-4-,8-7-,11-10-. The Kier molecular flexibility index (Phi) is 19.7. The molecular formula is C23H40NO8P. The van der Waals surface area contributed by atoms with Crippen molar-refractivity contribution < 1.29 is 37.6 Å². The summed E-state index contributed by atoms with van der Waals surface area (Å²) in [5.41, 5.74) is 5.21. The number of phosphoric ester groups is 1. The summed E-state index contributed by atoms with van der Waals surface area (Å²) in [4.78, 5) is 32.6. The third kappa shape index (κ3) is 21.8. The molecule has 0 aliphatic heterocycles. The van der Waals surface area contributed by atoms with Crippen LogP contribution in [-0.4, -0.2) is 49.3 Å². The Morgan fingerprint density at radius 1 is 0.970 bits per heavy atom. The quantitative estimate of drug-likeness (QED) is 0.111. The molecule has 0 saturated heterocycles. The largest absolute Gasteiger partial charge is 0.472 e. The molecule has 0 spiro atoms. The van der Waals surface area contributed by atoms with Crippen molar-refractivity contribution >= 4 is 19.8 Å². The van der Waals surface area contributed by atoms with Gasteiger partial charge in [0.15, 0.2) is 6.10 Å². The van der Waals surface area contributed by atoms with E-state index in [1.54, 1.807) is 0 Å². The van der Waals surface area contributed by atoms with Crippen LogP contribution in [-0.2, 0) is 32.7 Å². The van der Waals surface area contributed by atoms with Crippen LogP contribution in [0.2, 0.25) is 0 Å². The van der Waals surface area contributed by atoms with Crippen LogP contribution in [0.25, 0.3) is 0 Å². The highest BCUT2D eigenvalue weighted by atomic mass is 31.2. The molecule has 9 nitrogen and oxygen atoms in total. The monoisotopic (exact) mass is 489 g/mol. The number of unbranched alkanes of at least 4 members (excludes halogenated alkanes) is 3. The average molecular weight is 490 g/mol. The Morgan fingerprint density at radius 2 is 1.64 bits per heavy atom. The van der Waals surface area contributed by atoms with Crippen LogP contribution < -0.4 is 5.73 Å². The molecule has 2 unspecified atom stereocenters. The predicted molar refractivity (Wildman–Crippen MR) is 127 cm³/mol. The average Bonchev–Trinajstić information content (AvgIpc) is 2.77. The zero-order chi connectivity index (χ0) is 24.8. The van der Waals surface area contributed by atoms with Crippen molar-refractivity contribution in [3.05, 3.63) is 36.5 Å². The first kappa shape index (κ1) is 31.2. The van der Waals surface area contributed by atoms with Gasteiger partial charge in [0, 0.05) is 19.9 Å². The Hall–Kier alpha value is -1.77. The highest BCUT2D eigenvalue weighted by molar-refractivity contribution is 7.47. The number of hydrogen-bond acceptors (Lipinski definition) is 8. The molecule has 0 heterocycles. The van der Waals surface area contributed by atoms with E-state index in [4.69, 9.17) is 19.7 Å².